The topological polar surface area (TPSA) is 35.5 Å². The minimum atomic E-state index is 0.0925. The molecule has 0 fully saturated rings. The zero-order valence-corrected chi connectivity index (χ0v) is 11.6. The number of aliphatic hydroxyl groups is 1. The second kappa shape index (κ2) is 6.79. The molecule has 17 heavy (non-hydrogen) atoms. The Morgan fingerprint density at radius 1 is 1.53 bits per heavy atom. The molecule has 1 aromatic rings. The highest BCUT2D eigenvalue weighted by Gasteiger charge is 2.08. The van der Waals surface area contributed by atoms with E-state index in [1.54, 1.807) is 0 Å². The van der Waals surface area contributed by atoms with E-state index in [4.69, 9.17) is 28.9 Å². The van der Waals surface area contributed by atoms with Gasteiger partial charge in [0.05, 0.1) is 6.61 Å². The van der Waals surface area contributed by atoms with Crippen molar-refractivity contribution in [1.82, 2.24) is 4.90 Å². The average Bonchev–Trinajstić information content (AvgIpc) is 2.29. The van der Waals surface area contributed by atoms with Gasteiger partial charge in [-0.1, -0.05) is 11.6 Å². The van der Waals surface area contributed by atoms with Gasteiger partial charge in [0, 0.05) is 23.8 Å². The molecular formula is C12H17ClN2OS. The van der Waals surface area contributed by atoms with E-state index in [0.717, 1.165) is 17.8 Å². The summed E-state index contributed by atoms with van der Waals surface area (Å²) in [6.45, 7) is 5.36. The molecule has 0 heterocycles. The first-order chi connectivity index (χ1) is 8.08. The van der Waals surface area contributed by atoms with E-state index in [2.05, 4.69) is 5.32 Å². The third-order valence-corrected chi connectivity index (χ3v) is 3.06. The van der Waals surface area contributed by atoms with Gasteiger partial charge in [0.2, 0.25) is 0 Å². The molecule has 94 valence electrons. The van der Waals surface area contributed by atoms with E-state index in [9.17, 15) is 0 Å². The molecule has 0 aliphatic heterocycles. The van der Waals surface area contributed by atoms with Crippen LogP contribution in [0.2, 0.25) is 5.02 Å². The molecule has 5 heteroatoms. The first kappa shape index (κ1) is 14.2. The minimum absolute atomic E-state index is 0.0925. The van der Waals surface area contributed by atoms with Crippen molar-refractivity contribution in [2.24, 2.45) is 0 Å². The predicted octanol–water partition coefficient (Wildman–Crippen LogP) is 2.66. The van der Waals surface area contributed by atoms with Gasteiger partial charge in [-0.05, 0) is 49.8 Å². The molecule has 0 atom stereocenters. The second-order valence-corrected chi connectivity index (χ2v) is 4.52. The van der Waals surface area contributed by atoms with Gasteiger partial charge < -0.3 is 15.3 Å². The Kier molecular flexibility index (Phi) is 5.68. The van der Waals surface area contributed by atoms with Crippen molar-refractivity contribution in [3.63, 3.8) is 0 Å². The summed E-state index contributed by atoms with van der Waals surface area (Å²) in [5.41, 5.74) is 1.98. The summed E-state index contributed by atoms with van der Waals surface area (Å²) in [7, 11) is 0. The number of thiocarbonyl (C=S) groups is 1. The van der Waals surface area contributed by atoms with E-state index in [1.807, 2.05) is 36.9 Å². The van der Waals surface area contributed by atoms with E-state index in [-0.39, 0.29) is 6.61 Å². The molecule has 0 aliphatic carbocycles. The maximum absolute atomic E-state index is 8.93. The molecule has 0 unspecified atom stereocenters. The van der Waals surface area contributed by atoms with Gasteiger partial charge in [-0.15, -0.1) is 0 Å². The Morgan fingerprint density at radius 2 is 2.24 bits per heavy atom. The second-order valence-electron chi connectivity index (χ2n) is 3.69. The van der Waals surface area contributed by atoms with Gasteiger partial charge in [-0.25, -0.2) is 0 Å². The van der Waals surface area contributed by atoms with Crippen molar-refractivity contribution in [3.8, 4) is 0 Å². The third kappa shape index (κ3) is 4.15. The summed E-state index contributed by atoms with van der Waals surface area (Å²) in [6.07, 6.45) is 0. The molecule has 1 aromatic carbocycles. The number of aryl methyl sites for hydroxylation is 1. The molecule has 0 bridgehead atoms. The minimum Gasteiger partial charge on any atom is -0.395 e. The molecule has 0 aliphatic rings. The van der Waals surface area contributed by atoms with Crippen LogP contribution >= 0.6 is 23.8 Å². The van der Waals surface area contributed by atoms with Gasteiger partial charge >= 0.3 is 0 Å². The fourth-order valence-corrected chi connectivity index (χ4v) is 2.04. The normalized spacial score (nSPS) is 10.1. The Balaban J connectivity index is 2.73. The zero-order chi connectivity index (χ0) is 12.8. The number of anilines is 1. The lowest BCUT2D eigenvalue weighted by Crippen LogP contribution is -2.36. The maximum atomic E-state index is 8.93. The lowest BCUT2D eigenvalue weighted by Gasteiger charge is -2.24. The SMILES string of the molecule is CCN(CCO)C(=S)Nc1ccc(Cl)cc1C. The van der Waals surface area contributed by atoms with Crippen LogP contribution in [0.3, 0.4) is 0 Å². The van der Waals surface area contributed by atoms with Crippen LogP contribution in [0, 0.1) is 6.92 Å². The number of likely N-dealkylation sites (N-methyl/N-ethyl adjacent to an activating group) is 1. The van der Waals surface area contributed by atoms with Crippen LogP contribution in [0.15, 0.2) is 18.2 Å². The van der Waals surface area contributed by atoms with Crippen molar-refractivity contribution < 1.29 is 5.11 Å². The fraction of sp³-hybridized carbons (Fsp3) is 0.417. The van der Waals surface area contributed by atoms with Gasteiger partial charge in [0.25, 0.3) is 0 Å². The smallest absolute Gasteiger partial charge is 0.173 e. The molecule has 0 spiro atoms. The van der Waals surface area contributed by atoms with Gasteiger partial charge in [-0.3, -0.25) is 0 Å². The molecule has 0 saturated carbocycles. The standard InChI is InChI=1S/C12H17ClN2OS/c1-3-15(6-7-16)12(17)14-11-5-4-10(13)8-9(11)2/h4-5,8,16H,3,6-7H2,1-2H3,(H,14,17). The van der Waals surface area contributed by atoms with Crippen LogP contribution < -0.4 is 5.32 Å². The van der Waals surface area contributed by atoms with E-state index in [0.29, 0.717) is 16.7 Å². The lowest BCUT2D eigenvalue weighted by molar-refractivity contribution is 0.254. The van der Waals surface area contributed by atoms with Crippen LogP contribution in [-0.2, 0) is 0 Å². The quantitative estimate of drug-likeness (QED) is 0.826. The summed E-state index contributed by atoms with van der Waals surface area (Å²) in [4.78, 5) is 1.91. The Bertz CT molecular complexity index is 398. The molecule has 0 radical (unpaired) electrons. The molecule has 0 saturated heterocycles. The zero-order valence-electron chi connectivity index (χ0n) is 10.0. The van der Waals surface area contributed by atoms with E-state index < -0.39 is 0 Å². The van der Waals surface area contributed by atoms with Gasteiger partial charge in [0.15, 0.2) is 5.11 Å². The Hall–Kier alpha value is -0.840. The highest BCUT2D eigenvalue weighted by atomic mass is 35.5. The van der Waals surface area contributed by atoms with Gasteiger partial charge in [-0.2, -0.15) is 0 Å². The molecule has 0 aromatic heterocycles. The summed E-state index contributed by atoms with van der Waals surface area (Å²) in [5, 5.41) is 13.4. The maximum Gasteiger partial charge on any atom is 0.173 e. The number of hydrogen-bond donors (Lipinski definition) is 2. The highest BCUT2D eigenvalue weighted by Crippen LogP contribution is 2.19. The predicted molar refractivity (Wildman–Crippen MR) is 76.7 cm³/mol. The first-order valence-electron chi connectivity index (χ1n) is 5.51. The van der Waals surface area contributed by atoms with E-state index in [1.165, 1.54) is 0 Å². The number of nitrogens with one attached hydrogen (secondary N) is 1. The largest absolute Gasteiger partial charge is 0.395 e. The van der Waals surface area contributed by atoms with Crippen molar-refractivity contribution >= 4 is 34.6 Å². The molecule has 1 rings (SSSR count). The number of benzene rings is 1. The molecule has 0 amide bonds. The Labute approximate surface area is 112 Å². The van der Waals surface area contributed by atoms with E-state index >= 15 is 0 Å². The highest BCUT2D eigenvalue weighted by molar-refractivity contribution is 7.80. The van der Waals surface area contributed by atoms with Crippen LogP contribution in [0.25, 0.3) is 0 Å². The summed E-state index contributed by atoms with van der Waals surface area (Å²) >= 11 is 11.2. The van der Waals surface area contributed by atoms with Gasteiger partial charge in [0.1, 0.15) is 0 Å². The molecule has 3 nitrogen and oxygen atoms in total. The Morgan fingerprint density at radius 3 is 2.76 bits per heavy atom. The molecular weight excluding hydrogens is 256 g/mol. The van der Waals surface area contributed by atoms with Crippen molar-refractivity contribution in [3.05, 3.63) is 28.8 Å². The first-order valence-corrected chi connectivity index (χ1v) is 6.30. The van der Waals surface area contributed by atoms with Crippen molar-refractivity contribution in [2.45, 2.75) is 13.8 Å². The third-order valence-electron chi connectivity index (χ3n) is 2.47. The summed E-state index contributed by atoms with van der Waals surface area (Å²) < 4.78 is 0. The van der Waals surface area contributed by atoms with Crippen LogP contribution in [0.5, 0.6) is 0 Å². The fourth-order valence-electron chi connectivity index (χ4n) is 1.49. The molecule has 2 N–H and O–H groups in total. The summed E-state index contributed by atoms with van der Waals surface area (Å²) in [5.74, 6) is 0. The summed E-state index contributed by atoms with van der Waals surface area (Å²) in [6, 6.07) is 5.60. The van der Waals surface area contributed by atoms with Crippen LogP contribution in [0.4, 0.5) is 5.69 Å². The number of aliphatic hydroxyl groups excluding tert-OH is 1. The van der Waals surface area contributed by atoms with Crippen molar-refractivity contribution in [2.75, 3.05) is 25.0 Å². The monoisotopic (exact) mass is 272 g/mol. The van der Waals surface area contributed by atoms with Crippen LogP contribution in [0.1, 0.15) is 12.5 Å². The van der Waals surface area contributed by atoms with Crippen molar-refractivity contribution in [1.29, 1.82) is 0 Å². The number of halogens is 1. The average molecular weight is 273 g/mol. The lowest BCUT2D eigenvalue weighted by atomic mass is 10.2. The van der Waals surface area contributed by atoms with Crippen LogP contribution in [-0.4, -0.2) is 34.8 Å². The number of hydrogen-bond acceptors (Lipinski definition) is 2. The number of nitrogens with zero attached hydrogens (tertiary/aromatic N) is 1. The number of rotatable bonds is 4.